The molecule has 0 radical (unpaired) electrons. The number of nitro benzene ring substituents is 1. The molecule has 1 aliphatic heterocycles. The van der Waals surface area contributed by atoms with E-state index in [0.717, 1.165) is 15.1 Å². The molecular formula is C20H17N3O7S2. The molecule has 3 aromatic rings. The molecule has 4 rings (SSSR count). The number of nitro groups is 1. The predicted molar refractivity (Wildman–Crippen MR) is 119 cm³/mol. The van der Waals surface area contributed by atoms with Crippen LogP contribution < -0.4 is 5.32 Å². The summed E-state index contributed by atoms with van der Waals surface area (Å²) >= 11 is 2.40. The van der Waals surface area contributed by atoms with Crippen molar-refractivity contribution in [3.05, 3.63) is 55.3 Å². The van der Waals surface area contributed by atoms with Crippen molar-refractivity contribution in [3.63, 3.8) is 0 Å². The van der Waals surface area contributed by atoms with Gasteiger partial charge < -0.3 is 19.7 Å². The Hall–Kier alpha value is -3.51. The third kappa shape index (κ3) is 3.89. The summed E-state index contributed by atoms with van der Waals surface area (Å²) in [5.41, 5.74) is 0.961. The number of carbonyl (C=O) groups is 3. The summed E-state index contributed by atoms with van der Waals surface area (Å²) in [4.78, 5) is 50.4. The SMILES string of the molecule is COC(=O)c1c(NC(=O)c2cc3cc([N+](=O)[O-])ccc3s2)sc2c1CCN(C(=O)OC)C2. The molecular weight excluding hydrogens is 458 g/mol. The van der Waals surface area contributed by atoms with E-state index >= 15 is 0 Å². The van der Waals surface area contributed by atoms with Crippen LogP contribution in [-0.2, 0) is 22.4 Å². The molecule has 0 spiro atoms. The highest BCUT2D eigenvalue weighted by molar-refractivity contribution is 7.21. The molecule has 0 aliphatic carbocycles. The summed E-state index contributed by atoms with van der Waals surface area (Å²) in [7, 11) is 2.57. The van der Waals surface area contributed by atoms with Crippen LogP contribution in [0.4, 0.5) is 15.5 Å². The summed E-state index contributed by atoms with van der Waals surface area (Å²) in [5.74, 6) is -1.02. The number of benzene rings is 1. The molecule has 1 aromatic carbocycles. The first-order valence-corrected chi connectivity index (χ1v) is 11.0. The quantitative estimate of drug-likeness (QED) is 0.343. The Balaban J connectivity index is 1.65. The van der Waals surface area contributed by atoms with Crippen molar-refractivity contribution in [1.29, 1.82) is 0 Å². The minimum atomic E-state index is -0.573. The van der Waals surface area contributed by atoms with Gasteiger partial charge in [-0.2, -0.15) is 0 Å². The first-order chi connectivity index (χ1) is 15.3. The van der Waals surface area contributed by atoms with Gasteiger partial charge in [0.1, 0.15) is 5.00 Å². The molecule has 1 N–H and O–H groups in total. The van der Waals surface area contributed by atoms with Crippen LogP contribution >= 0.6 is 22.7 Å². The zero-order valence-electron chi connectivity index (χ0n) is 17.0. The number of ether oxygens (including phenoxy) is 2. The van der Waals surface area contributed by atoms with Crippen LogP contribution in [0.25, 0.3) is 10.1 Å². The number of hydrogen-bond donors (Lipinski definition) is 1. The number of thiophene rings is 2. The van der Waals surface area contributed by atoms with Crippen molar-refractivity contribution in [1.82, 2.24) is 4.90 Å². The number of methoxy groups -OCH3 is 2. The average Bonchev–Trinajstić information content (AvgIpc) is 3.37. The van der Waals surface area contributed by atoms with Gasteiger partial charge in [-0.05, 0) is 24.1 Å². The predicted octanol–water partition coefficient (Wildman–Crippen LogP) is 4.03. The molecule has 166 valence electrons. The molecule has 0 bridgehead atoms. The fraction of sp³-hybridized carbons (Fsp3) is 0.250. The maximum atomic E-state index is 12.9. The minimum absolute atomic E-state index is 0.0590. The van der Waals surface area contributed by atoms with Gasteiger partial charge >= 0.3 is 12.1 Å². The lowest BCUT2D eigenvalue weighted by Crippen LogP contribution is -2.35. The molecule has 0 fully saturated rings. The van der Waals surface area contributed by atoms with Crippen LogP contribution in [0.3, 0.4) is 0 Å². The molecule has 1 aliphatic rings. The average molecular weight is 476 g/mol. The Bertz CT molecular complexity index is 1260. The van der Waals surface area contributed by atoms with Crippen LogP contribution in [0.5, 0.6) is 0 Å². The smallest absolute Gasteiger partial charge is 0.409 e. The topological polar surface area (TPSA) is 128 Å². The fourth-order valence-electron chi connectivity index (χ4n) is 3.52. The highest BCUT2D eigenvalue weighted by Crippen LogP contribution is 2.38. The molecule has 3 heterocycles. The van der Waals surface area contributed by atoms with E-state index in [2.05, 4.69) is 5.32 Å². The Labute approximate surface area is 189 Å². The lowest BCUT2D eigenvalue weighted by Gasteiger charge is -2.25. The molecule has 0 saturated carbocycles. The van der Waals surface area contributed by atoms with Crippen molar-refractivity contribution < 1.29 is 28.8 Å². The second kappa shape index (κ2) is 8.55. The minimum Gasteiger partial charge on any atom is -0.465 e. The summed E-state index contributed by atoms with van der Waals surface area (Å²) in [5, 5.41) is 14.7. The summed E-state index contributed by atoms with van der Waals surface area (Å²) in [6.07, 6.45) is -0.0398. The lowest BCUT2D eigenvalue weighted by molar-refractivity contribution is -0.384. The number of nitrogens with zero attached hydrogens (tertiary/aromatic N) is 2. The maximum Gasteiger partial charge on any atom is 0.409 e. The van der Waals surface area contributed by atoms with Crippen molar-refractivity contribution >= 4 is 61.4 Å². The van der Waals surface area contributed by atoms with Crippen LogP contribution in [0.1, 0.15) is 30.5 Å². The van der Waals surface area contributed by atoms with E-state index in [1.54, 1.807) is 12.1 Å². The number of hydrogen-bond acceptors (Lipinski definition) is 9. The van der Waals surface area contributed by atoms with Crippen molar-refractivity contribution in [2.24, 2.45) is 0 Å². The molecule has 0 saturated heterocycles. The summed E-state index contributed by atoms with van der Waals surface area (Å²) in [6.45, 7) is 0.641. The monoisotopic (exact) mass is 475 g/mol. The normalized spacial score (nSPS) is 12.9. The standard InChI is InChI=1S/C20H17N3O7S2/c1-29-19(25)16-12-5-6-22(20(26)30-2)9-15(12)32-18(16)21-17(24)14-8-10-7-11(23(27)28)3-4-13(10)31-14/h3-4,7-8H,5-6,9H2,1-2H3,(H,21,24). The van der Waals surface area contributed by atoms with E-state index < -0.39 is 22.9 Å². The second-order valence-electron chi connectivity index (χ2n) is 6.89. The second-order valence-corrected chi connectivity index (χ2v) is 9.07. The Kier molecular flexibility index (Phi) is 5.80. The van der Waals surface area contributed by atoms with Gasteiger partial charge in [-0.25, -0.2) is 9.59 Å². The zero-order valence-corrected chi connectivity index (χ0v) is 18.6. The van der Waals surface area contributed by atoms with Gasteiger partial charge in [0.2, 0.25) is 0 Å². The zero-order chi connectivity index (χ0) is 23.0. The Morgan fingerprint density at radius 2 is 1.94 bits per heavy atom. The number of fused-ring (bicyclic) bond motifs is 2. The van der Waals surface area contributed by atoms with Gasteiger partial charge in [0.15, 0.2) is 0 Å². The van der Waals surface area contributed by atoms with E-state index in [0.29, 0.717) is 28.2 Å². The van der Waals surface area contributed by atoms with E-state index in [1.807, 2.05) is 0 Å². The first-order valence-electron chi connectivity index (χ1n) is 9.37. The van der Waals surface area contributed by atoms with Crippen LogP contribution in [0, 0.1) is 10.1 Å². The Morgan fingerprint density at radius 1 is 1.16 bits per heavy atom. The van der Waals surface area contributed by atoms with Crippen molar-refractivity contribution in [3.8, 4) is 0 Å². The summed E-state index contributed by atoms with van der Waals surface area (Å²) < 4.78 is 10.4. The number of rotatable bonds is 4. The lowest BCUT2D eigenvalue weighted by atomic mass is 10.0. The van der Waals surface area contributed by atoms with E-state index in [1.165, 1.54) is 53.9 Å². The van der Waals surface area contributed by atoms with E-state index in [-0.39, 0.29) is 17.8 Å². The summed E-state index contributed by atoms with van der Waals surface area (Å²) in [6, 6.07) is 5.97. The van der Waals surface area contributed by atoms with Crippen LogP contribution in [-0.4, -0.2) is 48.6 Å². The van der Waals surface area contributed by atoms with E-state index in [4.69, 9.17) is 9.47 Å². The largest absolute Gasteiger partial charge is 0.465 e. The highest BCUT2D eigenvalue weighted by Gasteiger charge is 2.31. The molecule has 12 heteroatoms. The maximum absolute atomic E-state index is 12.9. The number of nitrogens with one attached hydrogen (secondary N) is 1. The molecule has 2 aromatic heterocycles. The number of amides is 2. The van der Waals surface area contributed by atoms with Crippen molar-refractivity contribution in [2.75, 3.05) is 26.1 Å². The third-order valence-corrected chi connectivity index (χ3v) is 7.29. The molecule has 32 heavy (non-hydrogen) atoms. The van der Waals surface area contributed by atoms with Gasteiger partial charge in [-0.1, -0.05) is 0 Å². The van der Waals surface area contributed by atoms with Gasteiger partial charge in [0, 0.05) is 33.6 Å². The van der Waals surface area contributed by atoms with Gasteiger partial charge in [-0.3, -0.25) is 14.9 Å². The van der Waals surface area contributed by atoms with Crippen LogP contribution in [0.2, 0.25) is 0 Å². The molecule has 0 atom stereocenters. The van der Waals surface area contributed by atoms with Crippen LogP contribution in [0.15, 0.2) is 24.3 Å². The molecule has 10 nitrogen and oxygen atoms in total. The number of carbonyl (C=O) groups excluding carboxylic acids is 3. The first kappa shape index (κ1) is 21.7. The van der Waals surface area contributed by atoms with Crippen molar-refractivity contribution in [2.45, 2.75) is 13.0 Å². The molecule has 2 amide bonds. The van der Waals surface area contributed by atoms with Gasteiger partial charge in [-0.15, -0.1) is 22.7 Å². The number of non-ortho nitro benzene ring substituents is 1. The highest BCUT2D eigenvalue weighted by atomic mass is 32.1. The fourth-order valence-corrected chi connectivity index (χ4v) is 5.70. The van der Waals surface area contributed by atoms with E-state index in [9.17, 15) is 24.5 Å². The Morgan fingerprint density at radius 3 is 2.62 bits per heavy atom. The van der Waals surface area contributed by atoms with Gasteiger partial charge in [0.05, 0.1) is 36.1 Å². The molecule has 0 unspecified atom stereocenters. The number of anilines is 1. The van der Waals surface area contributed by atoms with Gasteiger partial charge in [0.25, 0.3) is 11.6 Å². The number of esters is 1. The third-order valence-electron chi connectivity index (χ3n) is 5.04.